The monoisotopic (exact) mass is 462 g/mol. The second kappa shape index (κ2) is 10.0. The molecular formula is C21H16Cl2N2O4S. The van der Waals surface area contributed by atoms with Gasteiger partial charge in [0, 0.05) is 12.7 Å². The number of amides is 2. The van der Waals surface area contributed by atoms with E-state index in [9.17, 15) is 14.9 Å². The van der Waals surface area contributed by atoms with Crippen molar-refractivity contribution in [3.63, 3.8) is 0 Å². The average molecular weight is 463 g/mol. The van der Waals surface area contributed by atoms with Gasteiger partial charge in [0.25, 0.3) is 11.1 Å². The van der Waals surface area contributed by atoms with Gasteiger partial charge in [0.15, 0.2) is 5.75 Å². The standard InChI is InChI=1S/C21H16Cl2N2O4S/c1-28-7-6-25-20(26)18(30-21(25)27)10-13-8-16(22)19(17(23)9-13)29-12-15-5-3-2-4-14(15)11-24/h2-5,8-10H,6-7,12H2,1H3/b18-10+. The van der Waals surface area contributed by atoms with E-state index in [1.807, 2.05) is 6.07 Å². The minimum absolute atomic E-state index is 0.126. The van der Waals surface area contributed by atoms with Crippen LogP contribution < -0.4 is 4.74 Å². The van der Waals surface area contributed by atoms with Gasteiger partial charge >= 0.3 is 0 Å². The summed E-state index contributed by atoms with van der Waals surface area (Å²) in [4.78, 5) is 25.9. The number of methoxy groups -OCH3 is 1. The molecule has 3 rings (SSSR count). The number of hydrogen-bond acceptors (Lipinski definition) is 6. The first-order valence-electron chi connectivity index (χ1n) is 8.78. The lowest BCUT2D eigenvalue weighted by Gasteiger charge is -2.12. The van der Waals surface area contributed by atoms with Crippen LogP contribution in [-0.4, -0.2) is 36.3 Å². The molecule has 154 valence electrons. The molecule has 1 aliphatic rings. The molecular weight excluding hydrogens is 447 g/mol. The molecule has 2 aromatic rings. The second-order valence-electron chi connectivity index (χ2n) is 6.20. The van der Waals surface area contributed by atoms with Crippen molar-refractivity contribution in [2.24, 2.45) is 0 Å². The van der Waals surface area contributed by atoms with Crippen molar-refractivity contribution >= 4 is 52.2 Å². The highest BCUT2D eigenvalue weighted by Crippen LogP contribution is 2.37. The third-order valence-corrected chi connectivity index (χ3v) is 5.69. The summed E-state index contributed by atoms with van der Waals surface area (Å²) in [5.74, 6) is -0.112. The normalized spacial score (nSPS) is 15.0. The molecule has 9 heteroatoms. The van der Waals surface area contributed by atoms with Crippen LogP contribution in [-0.2, 0) is 16.1 Å². The van der Waals surface area contributed by atoms with Crippen LogP contribution in [0.4, 0.5) is 4.79 Å². The van der Waals surface area contributed by atoms with Crippen molar-refractivity contribution < 1.29 is 19.1 Å². The quantitative estimate of drug-likeness (QED) is 0.530. The van der Waals surface area contributed by atoms with Gasteiger partial charge in [-0.3, -0.25) is 14.5 Å². The maximum Gasteiger partial charge on any atom is 0.293 e. The Labute approximate surface area is 188 Å². The summed E-state index contributed by atoms with van der Waals surface area (Å²) in [6.45, 7) is 0.585. The highest BCUT2D eigenvalue weighted by molar-refractivity contribution is 8.18. The number of nitriles is 1. The van der Waals surface area contributed by atoms with Crippen LogP contribution >= 0.6 is 35.0 Å². The molecule has 1 saturated heterocycles. The number of halogens is 2. The summed E-state index contributed by atoms with van der Waals surface area (Å²) in [5, 5.41) is 9.33. The molecule has 0 aromatic heterocycles. The predicted octanol–water partition coefficient (Wildman–Crippen LogP) is 5.13. The molecule has 0 saturated carbocycles. The first-order valence-corrected chi connectivity index (χ1v) is 10.4. The fourth-order valence-corrected chi connectivity index (χ4v) is 4.21. The number of carbonyl (C=O) groups is 2. The van der Waals surface area contributed by atoms with E-state index in [-0.39, 0.29) is 51.6 Å². The Hall–Kier alpha value is -2.50. The lowest BCUT2D eigenvalue weighted by atomic mass is 10.1. The molecule has 2 aromatic carbocycles. The lowest BCUT2D eigenvalue weighted by Crippen LogP contribution is -2.31. The topological polar surface area (TPSA) is 79.6 Å². The van der Waals surface area contributed by atoms with E-state index >= 15 is 0 Å². The highest BCUT2D eigenvalue weighted by Gasteiger charge is 2.34. The van der Waals surface area contributed by atoms with Crippen molar-refractivity contribution in [2.45, 2.75) is 6.61 Å². The summed E-state index contributed by atoms with van der Waals surface area (Å²) in [7, 11) is 1.50. The fourth-order valence-electron chi connectivity index (χ4n) is 2.73. The van der Waals surface area contributed by atoms with Crippen LogP contribution in [0.5, 0.6) is 5.75 Å². The third kappa shape index (κ3) is 4.97. The molecule has 1 fully saturated rings. The molecule has 1 heterocycles. The van der Waals surface area contributed by atoms with Gasteiger partial charge < -0.3 is 9.47 Å². The molecule has 2 amide bonds. The summed E-state index contributed by atoms with van der Waals surface area (Å²) in [6, 6.07) is 12.4. The number of ether oxygens (including phenoxy) is 2. The largest absolute Gasteiger partial charge is 0.486 e. The summed E-state index contributed by atoms with van der Waals surface area (Å²) < 4.78 is 10.7. The number of benzene rings is 2. The minimum atomic E-state index is -0.386. The first kappa shape index (κ1) is 22.2. The SMILES string of the molecule is COCCN1C(=O)S/C(=C/c2cc(Cl)c(OCc3ccccc3C#N)c(Cl)c2)C1=O. The Morgan fingerprint density at radius 2 is 1.90 bits per heavy atom. The van der Waals surface area contributed by atoms with Crippen LogP contribution in [0.15, 0.2) is 41.3 Å². The maximum atomic E-state index is 12.4. The summed E-state index contributed by atoms with van der Waals surface area (Å²) in [6.07, 6.45) is 1.56. The Bertz CT molecular complexity index is 1040. The number of carbonyl (C=O) groups excluding carboxylic acids is 2. The number of imide groups is 1. The average Bonchev–Trinajstić information content (AvgIpc) is 2.98. The predicted molar refractivity (Wildman–Crippen MR) is 117 cm³/mol. The fraction of sp³-hybridized carbons (Fsp3) is 0.190. The van der Waals surface area contributed by atoms with Crippen molar-refractivity contribution in [3.8, 4) is 11.8 Å². The van der Waals surface area contributed by atoms with Crippen LogP contribution in [0.2, 0.25) is 10.0 Å². The zero-order valence-electron chi connectivity index (χ0n) is 15.9. The van der Waals surface area contributed by atoms with E-state index in [4.69, 9.17) is 32.7 Å². The minimum Gasteiger partial charge on any atom is -0.486 e. The third-order valence-electron chi connectivity index (χ3n) is 4.22. The first-order chi connectivity index (χ1) is 14.4. The summed E-state index contributed by atoms with van der Waals surface area (Å²) >= 11 is 13.5. The molecule has 0 spiro atoms. The van der Waals surface area contributed by atoms with Crippen LogP contribution in [0.3, 0.4) is 0 Å². The van der Waals surface area contributed by atoms with Crippen LogP contribution in [0.1, 0.15) is 16.7 Å². The van der Waals surface area contributed by atoms with Gasteiger partial charge in [-0.15, -0.1) is 0 Å². The highest BCUT2D eigenvalue weighted by atomic mass is 35.5. The van der Waals surface area contributed by atoms with E-state index < -0.39 is 0 Å². The van der Waals surface area contributed by atoms with Gasteiger partial charge in [0.2, 0.25) is 0 Å². The molecule has 6 nitrogen and oxygen atoms in total. The zero-order chi connectivity index (χ0) is 21.7. The number of hydrogen-bond donors (Lipinski definition) is 0. The van der Waals surface area contributed by atoms with E-state index in [1.165, 1.54) is 7.11 Å². The molecule has 0 bridgehead atoms. The number of rotatable bonds is 7. The Morgan fingerprint density at radius 3 is 2.57 bits per heavy atom. The Morgan fingerprint density at radius 1 is 1.20 bits per heavy atom. The van der Waals surface area contributed by atoms with Gasteiger partial charge in [-0.2, -0.15) is 5.26 Å². The molecule has 0 N–H and O–H groups in total. The van der Waals surface area contributed by atoms with Gasteiger partial charge in [0.1, 0.15) is 6.61 Å². The second-order valence-corrected chi connectivity index (χ2v) is 8.01. The smallest absolute Gasteiger partial charge is 0.293 e. The molecule has 0 radical (unpaired) electrons. The van der Waals surface area contributed by atoms with Gasteiger partial charge in [0.05, 0.1) is 39.7 Å². The Balaban J connectivity index is 1.78. The van der Waals surface area contributed by atoms with Crippen molar-refractivity contribution in [1.82, 2.24) is 4.90 Å². The zero-order valence-corrected chi connectivity index (χ0v) is 18.2. The number of thioether (sulfide) groups is 1. The van der Waals surface area contributed by atoms with Gasteiger partial charge in [-0.25, -0.2) is 0 Å². The van der Waals surface area contributed by atoms with E-state index in [0.717, 1.165) is 16.7 Å². The molecule has 0 unspecified atom stereocenters. The van der Waals surface area contributed by atoms with Gasteiger partial charge in [-0.1, -0.05) is 41.4 Å². The molecule has 0 aliphatic carbocycles. The maximum absolute atomic E-state index is 12.4. The Kier molecular flexibility index (Phi) is 7.40. The van der Waals surface area contributed by atoms with E-state index in [0.29, 0.717) is 16.7 Å². The molecule has 1 aliphatic heterocycles. The molecule has 30 heavy (non-hydrogen) atoms. The van der Waals surface area contributed by atoms with E-state index in [2.05, 4.69) is 6.07 Å². The van der Waals surface area contributed by atoms with E-state index in [1.54, 1.807) is 36.4 Å². The number of nitrogens with zero attached hydrogens (tertiary/aromatic N) is 2. The van der Waals surface area contributed by atoms with Crippen molar-refractivity contribution in [2.75, 3.05) is 20.3 Å². The van der Waals surface area contributed by atoms with Crippen LogP contribution in [0, 0.1) is 11.3 Å². The lowest BCUT2D eigenvalue weighted by molar-refractivity contribution is -0.123. The van der Waals surface area contributed by atoms with Crippen molar-refractivity contribution in [3.05, 3.63) is 68.0 Å². The summed E-state index contributed by atoms with van der Waals surface area (Å²) in [5.41, 5.74) is 1.78. The van der Waals surface area contributed by atoms with Crippen molar-refractivity contribution in [1.29, 1.82) is 5.26 Å². The van der Waals surface area contributed by atoms with Crippen LogP contribution in [0.25, 0.3) is 6.08 Å². The molecule has 0 atom stereocenters. The van der Waals surface area contributed by atoms with Gasteiger partial charge in [-0.05, 0) is 41.6 Å².